The summed E-state index contributed by atoms with van der Waals surface area (Å²) in [5.74, 6) is 0. The molecule has 1 fully saturated rings. The minimum Gasteiger partial charge on any atom is -0.235 e. The van der Waals surface area contributed by atoms with E-state index in [2.05, 4.69) is 12.3 Å². The molecule has 0 aromatic carbocycles. The molecule has 2 unspecified atom stereocenters. The number of unbranched alkanes of at least 4 members (excludes halogenated alkanes) is 1. The first-order chi connectivity index (χ1) is 5.34. The minimum atomic E-state index is -0.685. The van der Waals surface area contributed by atoms with Crippen molar-refractivity contribution in [1.82, 2.24) is 0 Å². The van der Waals surface area contributed by atoms with E-state index in [0.29, 0.717) is 0 Å². The van der Waals surface area contributed by atoms with Crippen LogP contribution in [0.15, 0.2) is 0 Å². The average Bonchev–Trinajstić information content (AvgIpc) is 2.03. The van der Waals surface area contributed by atoms with Gasteiger partial charge in [-0.3, -0.25) is 0 Å². The highest BCUT2D eigenvalue weighted by atomic mass is 34.1. The highest BCUT2D eigenvalue weighted by molar-refractivity contribution is 9.59. The molecule has 1 nitrogen and oxygen atoms in total. The van der Waals surface area contributed by atoms with Crippen molar-refractivity contribution in [1.29, 1.82) is 0 Å². The predicted molar refractivity (Wildman–Crippen MR) is 67.1 cm³/mol. The van der Waals surface area contributed by atoms with Gasteiger partial charge in [0.2, 0.25) is 0 Å². The van der Waals surface area contributed by atoms with Gasteiger partial charge < -0.3 is 0 Å². The first-order valence-electron chi connectivity index (χ1n) is 3.02. The zero-order valence-corrected chi connectivity index (χ0v) is 10.7. The maximum atomic E-state index is 11.3. The van der Waals surface area contributed by atoms with E-state index in [1.165, 1.54) is 9.83 Å². The molecule has 1 heterocycles. The summed E-state index contributed by atoms with van der Waals surface area (Å²) in [6.45, 7) is 2.15. The van der Waals surface area contributed by atoms with Crippen molar-refractivity contribution in [3.63, 3.8) is 0 Å². The third-order valence-corrected chi connectivity index (χ3v) is 19.3. The van der Waals surface area contributed by atoms with Gasteiger partial charge in [-0.25, -0.2) is 4.21 Å². The van der Waals surface area contributed by atoms with Crippen LogP contribution in [0.1, 0.15) is 19.8 Å². The largest absolute Gasteiger partial charge is 0.235 e. The molecule has 0 aromatic rings. The lowest BCUT2D eigenvalue weighted by atomic mass is 10.4. The van der Waals surface area contributed by atoms with Crippen LogP contribution >= 0.6 is 47.9 Å². The molecule has 0 aliphatic carbocycles. The van der Waals surface area contributed by atoms with Gasteiger partial charge in [0.15, 0.2) is 8.86 Å². The van der Waals surface area contributed by atoms with Gasteiger partial charge in [0, 0.05) is 19.7 Å². The molecule has 0 aromatic heterocycles. The Morgan fingerprint density at radius 1 is 1.36 bits per heavy atom. The number of rotatable bonds is 2. The van der Waals surface area contributed by atoms with Crippen LogP contribution in [0.3, 0.4) is 0 Å². The van der Waals surface area contributed by atoms with Crippen molar-refractivity contribution >= 4 is 62.1 Å². The van der Waals surface area contributed by atoms with Crippen LogP contribution in [0.5, 0.6) is 0 Å². The first kappa shape index (κ1) is 10.8. The maximum absolute atomic E-state index is 11.3. The summed E-state index contributed by atoms with van der Waals surface area (Å²) in [6.07, 6.45) is 2.25. The second-order valence-corrected chi connectivity index (χ2v) is 15.3. The number of hydrogen-bond acceptors (Lipinski definition) is 5. The van der Waals surface area contributed by atoms with Crippen molar-refractivity contribution in [3.05, 3.63) is 0 Å². The Morgan fingerprint density at radius 3 is 2.73 bits per heavy atom. The standard InChI is InChI=1S/C4H8OS6/c1-2-3-4-10-8-6-7-9-11(10)5/h4H,2-3H2,1H3. The summed E-state index contributed by atoms with van der Waals surface area (Å²) in [6, 6.07) is 0. The third-order valence-electron chi connectivity index (χ3n) is 0.883. The van der Waals surface area contributed by atoms with Gasteiger partial charge in [0.1, 0.15) is 0 Å². The molecule has 0 saturated carbocycles. The summed E-state index contributed by atoms with van der Waals surface area (Å²) in [5, 5.41) is 2.19. The molecular formula is C4H8OS6. The molecule has 0 amide bonds. The molecule has 11 heavy (non-hydrogen) atoms. The van der Waals surface area contributed by atoms with Crippen LogP contribution in [-0.2, 0) is 8.86 Å². The van der Waals surface area contributed by atoms with Gasteiger partial charge >= 0.3 is 0 Å². The van der Waals surface area contributed by atoms with Gasteiger partial charge in [-0.05, 0) is 40.0 Å². The summed E-state index contributed by atoms with van der Waals surface area (Å²) < 4.78 is 11.3. The zero-order chi connectivity index (χ0) is 8.10. The Bertz CT molecular complexity index is 177. The molecule has 1 aliphatic heterocycles. The van der Waals surface area contributed by atoms with Crippen molar-refractivity contribution in [2.24, 2.45) is 0 Å². The normalized spacial score (nSPS) is 32.5. The zero-order valence-electron chi connectivity index (χ0n) is 5.85. The van der Waals surface area contributed by atoms with Crippen LogP contribution in [0, 0.1) is 0 Å². The molecular weight excluding hydrogens is 256 g/mol. The smallest absolute Gasteiger partial charge is 0.157 e. The van der Waals surface area contributed by atoms with E-state index in [1.807, 2.05) is 0 Å². The average molecular weight is 265 g/mol. The topological polar surface area (TPSA) is 17.1 Å². The molecule has 0 N–H and O–H groups in total. The molecule has 0 radical (unpaired) electrons. The minimum absolute atomic E-state index is 0.0203. The lowest BCUT2D eigenvalue weighted by Crippen LogP contribution is -1.79. The molecule has 2 atom stereocenters. The van der Waals surface area contributed by atoms with E-state index in [1.54, 1.807) is 29.5 Å². The summed E-state index contributed by atoms with van der Waals surface area (Å²) >= 11 is 0. The van der Waals surface area contributed by atoms with E-state index >= 15 is 0 Å². The van der Waals surface area contributed by atoms with E-state index in [-0.39, 0.29) is 8.55 Å². The van der Waals surface area contributed by atoms with Crippen LogP contribution < -0.4 is 0 Å². The molecule has 1 saturated heterocycles. The van der Waals surface area contributed by atoms with Crippen LogP contribution in [0.25, 0.3) is 0 Å². The third kappa shape index (κ3) is 3.99. The van der Waals surface area contributed by atoms with Crippen molar-refractivity contribution in [2.45, 2.75) is 19.8 Å². The van der Waals surface area contributed by atoms with Gasteiger partial charge in [-0.1, -0.05) is 13.3 Å². The molecule has 7 heteroatoms. The van der Waals surface area contributed by atoms with Gasteiger partial charge in [0.05, 0.1) is 0 Å². The predicted octanol–water partition coefficient (Wildman–Crippen LogP) is 4.04. The Balaban J connectivity index is 2.47. The second kappa shape index (κ2) is 6.26. The van der Waals surface area contributed by atoms with E-state index < -0.39 is 8.86 Å². The monoisotopic (exact) mass is 264 g/mol. The molecule has 66 valence electrons. The van der Waals surface area contributed by atoms with E-state index in [0.717, 1.165) is 12.8 Å². The quantitative estimate of drug-likeness (QED) is 0.551. The molecule has 1 aliphatic rings. The van der Waals surface area contributed by atoms with Crippen LogP contribution in [-0.4, -0.2) is 9.58 Å². The van der Waals surface area contributed by atoms with Crippen LogP contribution in [0.2, 0.25) is 0 Å². The van der Waals surface area contributed by atoms with Crippen LogP contribution in [0.4, 0.5) is 0 Å². The van der Waals surface area contributed by atoms with Crippen molar-refractivity contribution in [3.8, 4) is 0 Å². The number of hydrogen-bond donors (Lipinski definition) is 0. The second-order valence-electron chi connectivity index (χ2n) is 1.69. The SMILES string of the molecule is CCCC=S1SSSSS1=O. The fraction of sp³-hybridized carbons (Fsp3) is 0.750. The fourth-order valence-corrected chi connectivity index (χ4v) is 23.9. The van der Waals surface area contributed by atoms with Gasteiger partial charge in [-0.15, -0.1) is 0 Å². The Kier molecular flexibility index (Phi) is 6.17. The van der Waals surface area contributed by atoms with Crippen molar-refractivity contribution < 1.29 is 4.21 Å². The summed E-state index contributed by atoms with van der Waals surface area (Å²) in [4.78, 5) is 0. The lowest BCUT2D eigenvalue weighted by molar-refractivity contribution is 0.699. The van der Waals surface area contributed by atoms with Crippen molar-refractivity contribution in [2.75, 3.05) is 0 Å². The highest BCUT2D eigenvalue weighted by Gasteiger charge is 2.14. The lowest BCUT2D eigenvalue weighted by Gasteiger charge is -2.09. The maximum Gasteiger partial charge on any atom is 0.157 e. The first-order valence-corrected chi connectivity index (χ1v) is 11.8. The van der Waals surface area contributed by atoms with Gasteiger partial charge in [0.25, 0.3) is 0 Å². The summed E-state index contributed by atoms with van der Waals surface area (Å²) in [5.41, 5.74) is 0. The highest BCUT2D eigenvalue weighted by Crippen LogP contribution is 2.62. The molecule has 1 rings (SSSR count). The van der Waals surface area contributed by atoms with Gasteiger partial charge in [-0.2, -0.15) is 0 Å². The Morgan fingerprint density at radius 2 is 2.09 bits per heavy atom. The Labute approximate surface area is 85.4 Å². The van der Waals surface area contributed by atoms with E-state index in [9.17, 15) is 4.21 Å². The summed E-state index contributed by atoms with van der Waals surface area (Å²) in [7, 11) is 5.89. The molecule has 0 bridgehead atoms. The molecule has 0 spiro atoms. The fourth-order valence-electron chi connectivity index (χ4n) is 0.420. The Hall–Kier alpha value is 1.77. The van der Waals surface area contributed by atoms with E-state index in [4.69, 9.17) is 0 Å².